The summed E-state index contributed by atoms with van der Waals surface area (Å²) in [6.45, 7) is 3.71. The van der Waals surface area contributed by atoms with E-state index in [-0.39, 0.29) is 17.7 Å². The molecule has 5 aliphatic rings. The Bertz CT molecular complexity index is 986. The van der Waals surface area contributed by atoms with Crippen LogP contribution in [0.25, 0.3) is 0 Å². The lowest BCUT2D eigenvalue weighted by atomic mass is 9.64. The molecule has 6 heteroatoms. The van der Waals surface area contributed by atoms with Crippen molar-refractivity contribution in [2.75, 3.05) is 18.8 Å². The van der Waals surface area contributed by atoms with E-state index in [4.69, 9.17) is 0 Å². The number of hydrogen-bond donors (Lipinski definition) is 0. The van der Waals surface area contributed by atoms with E-state index >= 15 is 0 Å². The predicted molar refractivity (Wildman–Crippen MR) is 134 cm³/mol. The van der Waals surface area contributed by atoms with Crippen LogP contribution in [-0.4, -0.2) is 29.6 Å². The standard InChI is InChI=1S/C29H36F3NOS/c1-28(22-7-5-18(6-8-22)21-10-12-35-17-21)14-24-25(15-28)26(24)27(34)33-11-9-20(16-33)19-3-2-4-23(13-19)29(30,31)32/h2-4,10,12-13,18,20-22,24-26H,5-9,11,14-17H2,1H3/t18?,20?,21?,22?,24-,25+,26?,28?. The van der Waals surface area contributed by atoms with Crippen molar-refractivity contribution in [1.29, 1.82) is 0 Å². The summed E-state index contributed by atoms with van der Waals surface area (Å²) in [5.41, 5.74) is 0.507. The zero-order valence-corrected chi connectivity index (χ0v) is 21.3. The molecule has 1 aromatic carbocycles. The van der Waals surface area contributed by atoms with Crippen LogP contribution in [0, 0.1) is 40.9 Å². The third-order valence-electron chi connectivity index (χ3n) is 10.3. The molecule has 2 aliphatic heterocycles. The zero-order valence-electron chi connectivity index (χ0n) is 20.5. The normalized spacial score (nSPS) is 40.8. The van der Waals surface area contributed by atoms with Gasteiger partial charge < -0.3 is 4.90 Å². The number of amides is 1. The minimum atomic E-state index is -4.33. The lowest BCUT2D eigenvalue weighted by Crippen LogP contribution is -2.35. The number of nitrogens with zero attached hydrogens (tertiary/aromatic N) is 1. The van der Waals surface area contributed by atoms with Crippen molar-refractivity contribution in [3.8, 4) is 0 Å². The SMILES string of the molecule is CC1(C2CCC(C3C=CSC3)CC2)C[C@@H]2C(C(=O)N3CCC(c4cccc(C(F)(F)F)c4)C3)[C@@H]2C1. The van der Waals surface area contributed by atoms with Crippen molar-refractivity contribution in [3.63, 3.8) is 0 Å². The summed E-state index contributed by atoms with van der Waals surface area (Å²) in [6.07, 6.45) is 6.64. The fourth-order valence-electron chi connectivity index (χ4n) is 8.19. The number of alkyl halides is 3. The Kier molecular flexibility index (Phi) is 6.05. The van der Waals surface area contributed by atoms with Crippen LogP contribution in [0.3, 0.4) is 0 Å². The molecule has 3 aliphatic carbocycles. The van der Waals surface area contributed by atoms with Gasteiger partial charge in [0.1, 0.15) is 0 Å². The average molecular weight is 504 g/mol. The molecule has 35 heavy (non-hydrogen) atoms. The fourth-order valence-corrected chi connectivity index (χ4v) is 9.22. The first-order valence-corrected chi connectivity index (χ1v) is 14.5. The summed E-state index contributed by atoms with van der Waals surface area (Å²) < 4.78 is 39.4. The Labute approximate surface area is 211 Å². The molecule has 0 bridgehead atoms. The van der Waals surface area contributed by atoms with E-state index in [2.05, 4.69) is 18.4 Å². The molecule has 6 rings (SSSR count). The van der Waals surface area contributed by atoms with Gasteiger partial charge in [-0.2, -0.15) is 13.2 Å². The minimum Gasteiger partial charge on any atom is -0.342 e. The summed E-state index contributed by atoms with van der Waals surface area (Å²) in [5.74, 6) is 5.24. The number of hydrogen-bond acceptors (Lipinski definition) is 2. The van der Waals surface area contributed by atoms with Gasteiger partial charge >= 0.3 is 6.18 Å². The molecular formula is C29H36F3NOS. The van der Waals surface area contributed by atoms with Crippen molar-refractivity contribution < 1.29 is 18.0 Å². The molecule has 4 fully saturated rings. The topological polar surface area (TPSA) is 20.3 Å². The molecule has 3 saturated carbocycles. The van der Waals surface area contributed by atoms with Crippen molar-refractivity contribution in [2.24, 2.45) is 40.9 Å². The van der Waals surface area contributed by atoms with Crippen molar-refractivity contribution in [3.05, 3.63) is 46.9 Å². The quantitative estimate of drug-likeness (QED) is 0.428. The molecule has 0 aromatic heterocycles. The highest BCUT2D eigenvalue weighted by atomic mass is 32.2. The number of likely N-dealkylation sites (tertiary alicyclic amines) is 1. The van der Waals surface area contributed by atoms with Gasteiger partial charge in [-0.1, -0.05) is 31.2 Å². The van der Waals surface area contributed by atoms with Crippen LogP contribution in [0.1, 0.15) is 68.9 Å². The van der Waals surface area contributed by atoms with Gasteiger partial charge in [-0.3, -0.25) is 4.79 Å². The molecule has 190 valence electrons. The second-order valence-electron chi connectivity index (χ2n) is 12.2. The summed E-state index contributed by atoms with van der Waals surface area (Å²) >= 11 is 1.96. The minimum absolute atomic E-state index is 0.00778. The Morgan fingerprint density at radius 3 is 2.49 bits per heavy atom. The maximum absolute atomic E-state index is 13.3. The fraction of sp³-hybridized carbons (Fsp3) is 0.690. The van der Waals surface area contributed by atoms with E-state index in [1.807, 2.05) is 16.7 Å². The van der Waals surface area contributed by atoms with Crippen LogP contribution in [0.5, 0.6) is 0 Å². The third kappa shape index (κ3) is 4.46. The van der Waals surface area contributed by atoms with E-state index < -0.39 is 11.7 Å². The summed E-state index contributed by atoms with van der Waals surface area (Å²) in [6, 6.07) is 5.67. The van der Waals surface area contributed by atoms with Crippen LogP contribution in [0.4, 0.5) is 13.2 Å². The number of allylic oxidation sites excluding steroid dienone is 1. The molecule has 0 N–H and O–H groups in total. The number of halogens is 3. The van der Waals surface area contributed by atoms with Crippen molar-refractivity contribution in [1.82, 2.24) is 4.90 Å². The predicted octanol–water partition coefficient (Wildman–Crippen LogP) is 7.37. The number of carbonyl (C=O) groups is 1. The summed E-state index contributed by atoms with van der Waals surface area (Å²) in [4.78, 5) is 15.3. The van der Waals surface area contributed by atoms with E-state index in [9.17, 15) is 18.0 Å². The maximum atomic E-state index is 13.3. The van der Waals surface area contributed by atoms with E-state index in [1.54, 1.807) is 6.07 Å². The van der Waals surface area contributed by atoms with Gasteiger partial charge in [0.05, 0.1) is 5.56 Å². The van der Waals surface area contributed by atoms with Crippen LogP contribution >= 0.6 is 11.8 Å². The van der Waals surface area contributed by atoms with Crippen molar-refractivity contribution in [2.45, 2.75) is 64.0 Å². The molecule has 1 saturated heterocycles. The van der Waals surface area contributed by atoms with E-state index in [0.29, 0.717) is 35.9 Å². The summed E-state index contributed by atoms with van der Waals surface area (Å²) in [7, 11) is 0. The van der Waals surface area contributed by atoms with Crippen molar-refractivity contribution >= 4 is 17.7 Å². The second-order valence-corrected chi connectivity index (χ2v) is 13.2. The first kappa shape index (κ1) is 23.9. The number of benzene rings is 1. The van der Waals surface area contributed by atoms with Gasteiger partial charge in [-0.25, -0.2) is 0 Å². The second kappa shape index (κ2) is 8.85. The highest BCUT2D eigenvalue weighted by molar-refractivity contribution is 8.02. The highest BCUT2D eigenvalue weighted by Crippen LogP contribution is 2.68. The van der Waals surface area contributed by atoms with Gasteiger partial charge in [-0.05, 0) is 97.0 Å². The number of carbonyl (C=O) groups excluding carboxylic acids is 1. The van der Waals surface area contributed by atoms with Crippen LogP contribution in [0.15, 0.2) is 35.7 Å². The molecule has 2 heterocycles. The molecule has 0 radical (unpaired) electrons. The molecule has 4 unspecified atom stereocenters. The van der Waals surface area contributed by atoms with E-state index in [0.717, 1.165) is 30.2 Å². The highest BCUT2D eigenvalue weighted by Gasteiger charge is 2.64. The lowest BCUT2D eigenvalue weighted by Gasteiger charge is -2.42. The van der Waals surface area contributed by atoms with Crippen LogP contribution in [0.2, 0.25) is 0 Å². The van der Waals surface area contributed by atoms with Gasteiger partial charge in [0, 0.05) is 30.7 Å². The Morgan fingerprint density at radius 2 is 1.83 bits per heavy atom. The van der Waals surface area contributed by atoms with Gasteiger partial charge in [-0.15, -0.1) is 11.8 Å². The monoisotopic (exact) mass is 503 g/mol. The number of thioether (sulfide) groups is 1. The average Bonchev–Trinajstić information content (AvgIpc) is 3.36. The lowest BCUT2D eigenvalue weighted by molar-refractivity contribution is -0.137. The molecule has 6 atom stereocenters. The largest absolute Gasteiger partial charge is 0.416 e. The van der Waals surface area contributed by atoms with E-state index in [1.165, 1.54) is 56.4 Å². The molecule has 1 amide bonds. The Hall–Kier alpha value is -1.43. The Morgan fingerprint density at radius 1 is 1.09 bits per heavy atom. The van der Waals surface area contributed by atoms with Gasteiger partial charge in [0.25, 0.3) is 0 Å². The van der Waals surface area contributed by atoms with Crippen LogP contribution < -0.4 is 0 Å². The number of fused-ring (bicyclic) bond motifs is 1. The van der Waals surface area contributed by atoms with Crippen LogP contribution in [-0.2, 0) is 11.0 Å². The van der Waals surface area contributed by atoms with Gasteiger partial charge in [0.15, 0.2) is 0 Å². The molecule has 1 aromatic rings. The Balaban J connectivity index is 1.02. The molecular weight excluding hydrogens is 467 g/mol. The first-order chi connectivity index (χ1) is 16.7. The molecule has 2 nitrogen and oxygen atoms in total. The maximum Gasteiger partial charge on any atom is 0.416 e. The number of rotatable bonds is 4. The zero-order chi connectivity index (χ0) is 24.4. The summed E-state index contributed by atoms with van der Waals surface area (Å²) in [5, 5.41) is 2.28. The smallest absolute Gasteiger partial charge is 0.342 e. The first-order valence-electron chi connectivity index (χ1n) is 13.5. The third-order valence-corrected chi connectivity index (χ3v) is 11.2. The molecule has 0 spiro atoms. The van der Waals surface area contributed by atoms with Gasteiger partial charge in [0.2, 0.25) is 5.91 Å².